The van der Waals surface area contributed by atoms with Gasteiger partial charge >= 0.3 is 0 Å². The summed E-state index contributed by atoms with van der Waals surface area (Å²) in [7, 11) is 1.83. The minimum absolute atomic E-state index is 0.733. The van der Waals surface area contributed by atoms with Gasteiger partial charge in [0.05, 0.1) is 0 Å². The molecule has 1 aromatic carbocycles. The predicted molar refractivity (Wildman–Crippen MR) is 99.4 cm³/mol. The van der Waals surface area contributed by atoms with Crippen molar-refractivity contribution in [3.8, 4) is 0 Å². The molecular weight excluding hydrogens is 308 g/mol. The van der Waals surface area contributed by atoms with Crippen molar-refractivity contribution in [2.75, 3.05) is 39.8 Å². The van der Waals surface area contributed by atoms with Gasteiger partial charge in [0.15, 0.2) is 5.96 Å². The molecule has 0 spiro atoms. The van der Waals surface area contributed by atoms with E-state index in [9.17, 15) is 0 Å². The zero-order valence-electron chi connectivity index (χ0n) is 14.3. The molecule has 1 fully saturated rings. The van der Waals surface area contributed by atoms with E-state index in [1.165, 1.54) is 38.0 Å². The summed E-state index contributed by atoms with van der Waals surface area (Å²) in [6, 6.07) is 8.01. The number of halogens is 1. The fraction of sp³-hybridized carbons (Fsp3) is 0.611. The number of nitrogens with one attached hydrogen (secondary N) is 2. The zero-order valence-corrected chi connectivity index (χ0v) is 15.1. The zero-order chi connectivity index (χ0) is 16.5. The van der Waals surface area contributed by atoms with Crippen LogP contribution in [0.5, 0.6) is 0 Å². The lowest BCUT2D eigenvalue weighted by Crippen LogP contribution is -2.41. The fourth-order valence-electron chi connectivity index (χ4n) is 3.04. The predicted octanol–water partition coefficient (Wildman–Crippen LogP) is 2.78. The summed E-state index contributed by atoms with van der Waals surface area (Å²) in [5.74, 6) is 1.63. The van der Waals surface area contributed by atoms with Gasteiger partial charge in [-0.25, -0.2) is 0 Å². The number of rotatable bonds is 7. The second-order valence-corrected chi connectivity index (χ2v) is 6.65. The summed E-state index contributed by atoms with van der Waals surface area (Å²) < 4.78 is 0. The average Bonchev–Trinajstić information content (AvgIpc) is 3.00. The molecule has 0 saturated carbocycles. The highest BCUT2D eigenvalue weighted by atomic mass is 35.5. The van der Waals surface area contributed by atoms with Crippen molar-refractivity contribution in [2.45, 2.75) is 26.2 Å². The Kier molecular flexibility index (Phi) is 7.69. The molecule has 0 radical (unpaired) electrons. The Morgan fingerprint density at radius 3 is 2.78 bits per heavy atom. The quantitative estimate of drug-likeness (QED) is 0.594. The van der Waals surface area contributed by atoms with E-state index in [-0.39, 0.29) is 0 Å². The Bertz CT molecular complexity index is 486. The Labute approximate surface area is 145 Å². The van der Waals surface area contributed by atoms with Crippen LogP contribution in [0.15, 0.2) is 29.3 Å². The summed E-state index contributed by atoms with van der Waals surface area (Å²) in [4.78, 5) is 6.87. The minimum atomic E-state index is 0.733. The van der Waals surface area contributed by atoms with E-state index >= 15 is 0 Å². The third-order valence-corrected chi connectivity index (χ3v) is 4.56. The lowest BCUT2D eigenvalue weighted by molar-refractivity contribution is 0.324. The van der Waals surface area contributed by atoms with Gasteiger partial charge in [0, 0.05) is 31.7 Å². The molecule has 4 nitrogen and oxygen atoms in total. The number of aliphatic imine (C=N–C) groups is 1. The molecule has 0 aromatic heterocycles. The van der Waals surface area contributed by atoms with E-state index in [2.05, 4.69) is 39.6 Å². The highest BCUT2D eigenvalue weighted by molar-refractivity contribution is 6.30. The van der Waals surface area contributed by atoms with E-state index in [1.54, 1.807) is 0 Å². The number of benzene rings is 1. The maximum absolute atomic E-state index is 5.90. The summed E-state index contributed by atoms with van der Waals surface area (Å²) in [5.41, 5.74) is 1.28. The molecular formula is C18H29ClN4. The second-order valence-electron chi connectivity index (χ2n) is 6.21. The molecule has 1 atom stereocenters. The monoisotopic (exact) mass is 336 g/mol. The van der Waals surface area contributed by atoms with Crippen molar-refractivity contribution in [3.63, 3.8) is 0 Å². The van der Waals surface area contributed by atoms with Crippen LogP contribution in [0.2, 0.25) is 5.02 Å². The third kappa shape index (κ3) is 6.40. The first kappa shape index (κ1) is 18.1. The maximum atomic E-state index is 5.90. The van der Waals surface area contributed by atoms with Gasteiger partial charge in [-0.2, -0.15) is 0 Å². The first-order valence-electron chi connectivity index (χ1n) is 8.62. The van der Waals surface area contributed by atoms with Gasteiger partial charge in [-0.05, 0) is 56.0 Å². The molecule has 2 rings (SSSR count). The van der Waals surface area contributed by atoms with Crippen molar-refractivity contribution >= 4 is 17.6 Å². The molecule has 0 amide bonds. The van der Waals surface area contributed by atoms with Gasteiger partial charge in [0.25, 0.3) is 0 Å². The van der Waals surface area contributed by atoms with Crippen molar-refractivity contribution in [3.05, 3.63) is 34.9 Å². The van der Waals surface area contributed by atoms with Crippen LogP contribution >= 0.6 is 11.6 Å². The van der Waals surface area contributed by atoms with Gasteiger partial charge in [0.2, 0.25) is 0 Å². The number of hydrogen-bond donors (Lipinski definition) is 2. The molecule has 0 aliphatic carbocycles. The molecule has 1 aliphatic heterocycles. The van der Waals surface area contributed by atoms with Gasteiger partial charge in [0.1, 0.15) is 0 Å². The van der Waals surface area contributed by atoms with Crippen molar-refractivity contribution < 1.29 is 0 Å². The SMILES string of the molecule is CCCN1CCC(CNC(=NC)NCCc2ccc(Cl)cc2)C1. The van der Waals surface area contributed by atoms with Crippen LogP contribution in [0.1, 0.15) is 25.3 Å². The van der Waals surface area contributed by atoms with Crippen LogP contribution in [-0.4, -0.2) is 50.6 Å². The summed E-state index contributed by atoms with van der Waals surface area (Å²) >= 11 is 5.90. The maximum Gasteiger partial charge on any atom is 0.190 e. The average molecular weight is 337 g/mol. The molecule has 1 unspecified atom stereocenters. The molecule has 128 valence electrons. The Balaban J connectivity index is 1.65. The van der Waals surface area contributed by atoms with Crippen LogP contribution < -0.4 is 10.6 Å². The molecule has 1 aromatic rings. The number of hydrogen-bond acceptors (Lipinski definition) is 2. The molecule has 1 aliphatic rings. The normalized spacial score (nSPS) is 19.1. The van der Waals surface area contributed by atoms with Gasteiger partial charge in [-0.1, -0.05) is 30.7 Å². The van der Waals surface area contributed by atoms with Crippen molar-refractivity contribution in [2.24, 2.45) is 10.9 Å². The lowest BCUT2D eigenvalue weighted by Gasteiger charge is -2.17. The third-order valence-electron chi connectivity index (χ3n) is 4.31. The Morgan fingerprint density at radius 1 is 1.30 bits per heavy atom. The van der Waals surface area contributed by atoms with Crippen molar-refractivity contribution in [1.82, 2.24) is 15.5 Å². The molecule has 2 N–H and O–H groups in total. The number of nitrogens with zero attached hydrogens (tertiary/aromatic N) is 2. The number of likely N-dealkylation sites (tertiary alicyclic amines) is 1. The van der Waals surface area contributed by atoms with E-state index in [4.69, 9.17) is 11.6 Å². The lowest BCUT2D eigenvalue weighted by atomic mass is 10.1. The second kappa shape index (κ2) is 9.78. The van der Waals surface area contributed by atoms with Crippen LogP contribution in [0.3, 0.4) is 0 Å². The van der Waals surface area contributed by atoms with E-state index in [0.29, 0.717) is 0 Å². The molecule has 1 saturated heterocycles. The first-order valence-corrected chi connectivity index (χ1v) is 9.00. The van der Waals surface area contributed by atoms with Crippen molar-refractivity contribution in [1.29, 1.82) is 0 Å². The van der Waals surface area contributed by atoms with Gasteiger partial charge in [-0.3, -0.25) is 4.99 Å². The van der Waals surface area contributed by atoms with Crippen LogP contribution in [-0.2, 0) is 6.42 Å². The Morgan fingerprint density at radius 2 is 2.09 bits per heavy atom. The standard InChI is InChI=1S/C18H29ClN4/c1-3-11-23-12-9-16(14-23)13-22-18(20-2)21-10-8-15-4-6-17(19)7-5-15/h4-7,16H,3,8-14H2,1-2H3,(H2,20,21,22). The minimum Gasteiger partial charge on any atom is -0.356 e. The largest absolute Gasteiger partial charge is 0.356 e. The fourth-order valence-corrected chi connectivity index (χ4v) is 3.16. The molecule has 5 heteroatoms. The van der Waals surface area contributed by atoms with Crippen LogP contribution in [0.4, 0.5) is 0 Å². The summed E-state index contributed by atoms with van der Waals surface area (Å²) in [5, 5.41) is 7.63. The molecule has 1 heterocycles. The topological polar surface area (TPSA) is 39.7 Å². The summed E-state index contributed by atoms with van der Waals surface area (Å²) in [6.07, 6.45) is 3.49. The van der Waals surface area contributed by atoms with E-state index in [0.717, 1.165) is 36.4 Å². The molecule has 0 bridgehead atoms. The smallest absolute Gasteiger partial charge is 0.190 e. The van der Waals surface area contributed by atoms with Crippen LogP contribution in [0, 0.1) is 5.92 Å². The highest BCUT2D eigenvalue weighted by Gasteiger charge is 2.21. The van der Waals surface area contributed by atoms with Gasteiger partial charge in [-0.15, -0.1) is 0 Å². The van der Waals surface area contributed by atoms with Crippen LogP contribution in [0.25, 0.3) is 0 Å². The van der Waals surface area contributed by atoms with E-state index in [1.807, 2.05) is 19.2 Å². The number of guanidine groups is 1. The van der Waals surface area contributed by atoms with E-state index < -0.39 is 0 Å². The molecule has 23 heavy (non-hydrogen) atoms. The van der Waals surface area contributed by atoms with Gasteiger partial charge < -0.3 is 15.5 Å². The summed E-state index contributed by atoms with van der Waals surface area (Å²) in [6.45, 7) is 7.79. The Hall–Kier alpha value is -1.26. The highest BCUT2D eigenvalue weighted by Crippen LogP contribution is 2.15. The first-order chi connectivity index (χ1) is 11.2.